The summed E-state index contributed by atoms with van der Waals surface area (Å²) in [5, 5.41) is 19.1. The van der Waals surface area contributed by atoms with Gasteiger partial charge in [-0.15, -0.1) is 0 Å². The van der Waals surface area contributed by atoms with Crippen LogP contribution in [-0.4, -0.2) is 16.6 Å². The Morgan fingerprint density at radius 1 is 1.53 bits per heavy atom. The van der Waals surface area contributed by atoms with Gasteiger partial charge in [0.2, 0.25) is 0 Å². The van der Waals surface area contributed by atoms with Crippen molar-refractivity contribution in [1.82, 2.24) is 0 Å². The molecule has 0 amide bonds. The Hall–Kier alpha value is -1.86. The topological polar surface area (TPSA) is 63.4 Å². The van der Waals surface area contributed by atoms with E-state index < -0.39 is 4.92 Å². The van der Waals surface area contributed by atoms with Gasteiger partial charge in [-0.05, 0) is 13.0 Å². The minimum absolute atomic E-state index is 0.000947. The zero-order valence-electron chi connectivity index (χ0n) is 8.36. The molecule has 0 aliphatic heterocycles. The van der Waals surface area contributed by atoms with Gasteiger partial charge >= 0.3 is 0 Å². The number of hydrogen-bond acceptors (Lipinski definition) is 3. The molecule has 0 saturated heterocycles. The highest BCUT2D eigenvalue weighted by atomic mass is 16.6. The van der Waals surface area contributed by atoms with Gasteiger partial charge in [0.15, 0.2) is 0 Å². The van der Waals surface area contributed by atoms with Crippen molar-refractivity contribution in [2.75, 3.05) is 6.61 Å². The number of nitro groups is 1. The Morgan fingerprint density at radius 2 is 2.27 bits per heavy atom. The van der Waals surface area contributed by atoms with E-state index in [4.69, 9.17) is 5.11 Å². The highest BCUT2D eigenvalue weighted by Crippen LogP contribution is 2.18. The monoisotopic (exact) mass is 205 g/mol. The van der Waals surface area contributed by atoms with Gasteiger partial charge < -0.3 is 5.11 Å². The lowest BCUT2D eigenvalue weighted by Crippen LogP contribution is -1.92. The molecule has 0 aliphatic rings. The van der Waals surface area contributed by atoms with Crippen LogP contribution >= 0.6 is 0 Å². The molecule has 1 rings (SSSR count). The fourth-order valence-corrected chi connectivity index (χ4v) is 1.10. The number of hydrogen-bond donors (Lipinski definition) is 1. The van der Waals surface area contributed by atoms with Crippen LogP contribution in [0.4, 0.5) is 5.69 Å². The van der Waals surface area contributed by atoms with Crippen LogP contribution in [0.1, 0.15) is 17.5 Å². The number of aryl methyl sites for hydroxylation is 1. The molecule has 1 aromatic rings. The van der Waals surface area contributed by atoms with Crippen molar-refractivity contribution < 1.29 is 10.0 Å². The Labute approximate surface area is 87.7 Å². The molecule has 4 heteroatoms. The molecular weight excluding hydrogens is 194 g/mol. The summed E-state index contributed by atoms with van der Waals surface area (Å²) in [6, 6.07) is 4.84. The normalized spacial score (nSPS) is 9.20. The molecule has 0 fully saturated rings. The molecule has 4 nitrogen and oxygen atoms in total. The van der Waals surface area contributed by atoms with Crippen molar-refractivity contribution in [3.8, 4) is 11.8 Å². The molecule has 15 heavy (non-hydrogen) atoms. The lowest BCUT2D eigenvalue weighted by atomic mass is 10.1. The highest BCUT2D eigenvalue weighted by molar-refractivity contribution is 5.48. The quantitative estimate of drug-likeness (QED) is 0.453. The van der Waals surface area contributed by atoms with Crippen molar-refractivity contribution in [2.24, 2.45) is 0 Å². The van der Waals surface area contributed by atoms with E-state index in [9.17, 15) is 10.1 Å². The molecule has 0 heterocycles. The summed E-state index contributed by atoms with van der Waals surface area (Å²) in [6.45, 7) is 1.68. The first-order valence-corrected chi connectivity index (χ1v) is 4.50. The van der Waals surface area contributed by atoms with E-state index >= 15 is 0 Å². The molecule has 0 atom stereocenters. The fraction of sp³-hybridized carbons (Fsp3) is 0.273. The summed E-state index contributed by atoms with van der Waals surface area (Å²) in [4.78, 5) is 10.2. The van der Waals surface area contributed by atoms with Crippen molar-refractivity contribution in [1.29, 1.82) is 0 Å². The van der Waals surface area contributed by atoms with Crippen LogP contribution in [0.5, 0.6) is 0 Å². The third-order valence-corrected chi connectivity index (χ3v) is 1.88. The first-order chi connectivity index (χ1) is 7.15. The summed E-state index contributed by atoms with van der Waals surface area (Å²) >= 11 is 0. The summed E-state index contributed by atoms with van der Waals surface area (Å²) < 4.78 is 0. The molecule has 0 radical (unpaired) electrons. The standard InChI is InChI=1S/C11H11NO3/c1-9-5-6-10(4-2-3-7-13)8-11(9)12(14)15/h5-6,8,13H,3,7H2,1H3. The fourth-order valence-electron chi connectivity index (χ4n) is 1.10. The summed E-state index contributed by atoms with van der Waals surface area (Å²) in [6.07, 6.45) is 0.377. The van der Waals surface area contributed by atoms with Crippen molar-refractivity contribution in [2.45, 2.75) is 13.3 Å². The predicted octanol–water partition coefficient (Wildman–Crippen LogP) is 1.64. The maximum Gasteiger partial charge on any atom is 0.273 e. The first kappa shape index (κ1) is 11.2. The second-order valence-corrected chi connectivity index (χ2v) is 3.03. The van der Waals surface area contributed by atoms with Crippen molar-refractivity contribution in [3.05, 3.63) is 39.4 Å². The summed E-state index contributed by atoms with van der Waals surface area (Å²) in [5.41, 5.74) is 1.29. The molecule has 78 valence electrons. The SMILES string of the molecule is Cc1ccc(C#CCCO)cc1[N+](=O)[O-]. The van der Waals surface area contributed by atoms with Crippen LogP contribution in [0.3, 0.4) is 0 Å². The van der Waals surface area contributed by atoms with Gasteiger partial charge in [-0.1, -0.05) is 17.9 Å². The van der Waals surface area contributed by atoms with Gasteiger partial charge in [-0.3, -0.25) is 10.1 Å². The van der Waals surface area contributed by atoms with E-state index in [0.29, 0.717) is 17.5 Å². The Balaban J connectivity index is 2.99. The molecule has 0 saturated carbocycles. The van der Waals surface area contributed by atoms with Crippen LogP contribution in [0.25, 0.3) is 0 Å². The first-order valence-electron chi connectivity index (χ1n) is 4.50. The second-order valence-electron chi connectivity index (χ2n) is 3.03. The molecule has 1 aromatic carbocycles. The maximum atomic E-state index is 10.6. The van der Waals surface area contributed by atoms with E-state index in [2.05, 4.69) is 11.8 Å². The summed E-state index contributed by atoms with van der Waals surface area (Å²) in [7, 11) is 0. The molecule has 1 N–H and O–H groups in total. The van der Waals surface area contributed by atoms with Gasteiger partial charge in [0.1, 0.15) is 0 Å². The third kappa shape index (κ3) is 3.08. The lowest BCUT2D eigenvalue weighted by molar-refractivity contribution is -0.385. The Morgan fingerprint density at radius 3 is 2.87 bits per heavy atom. The highest BCUT2D eigenvalue weighted by Gasteiger charge is 2.09. The van der Waals surface area contributed by atoms with Crippen LogP contribution < -0.4 is 0 Å². The van der Waals surface area contributed by atoms with Crippen LogP contribution in [0, 0.1) is 28.9 Å². The number of aliphatic hydroxyl groups excluding tert-OH is 1. The largest absolute Gasteiger partial charge is 0.395 e. The number of nitro benzene ring substituents is 1. The van der Waals surface area contributed by atoms with Gasteiger partial charge in [0, 0.05) is 23.6 Å². The van der Waals surface area contributed by atoms with Gasteiger partial charge in [-0.25, -0.2) is 0 Å². The average molecular weight is 205 g/mol. The zero-order chi connectivity index (χ0) is 11.3. The zero-order valence-corrected chi connectivity index (χ0v) is 8.36. The number of nitrogens with zero attached hydrogens (tertiary/aromatic N) is 1. The summed E-state index contributed by atoms with van der Waals surface area (Å²) in [5.74, 6) is 5.47. The maximum absolute atomic E-state index is 10.6. The third-order valence-electron chi connectivity index (χ3n) is 1.88. The predicted molar refractivity (Wildman–Crippen MR) is 56.4 cm³/mol. The van der Waals surface area contributed by atoms with Crippen LogP contribution in [-0.2, 0) is 0 Å². The molecule has 0 unspecified atom stereocenters. The second kappa shape index (κ2) is 5.13. The Kier molecular flexibility index (Phi) is 3.83. The minimum atomic E-state index is -0.424. The van der Waals surface area contributed by atoms with Crippen molar-refractivity contribution in [3.63, 3.8) is 0 Å². The van der Waals surface area contributed by atoms with E-state index in [-0.39, 0.29) is 12.3 Å². The smallest absolute Gasteiger partial charge is 0.273 e. The van der Waals surface area contributed by atoms with E-state index in [1.54, 1.807) is 19.1 Å². The average Bonchev–Trinajstić information content (AvgIpc) is 2.20. The van der Waals surface area contributed by atoms with E-state index in [1.807, 2.05) is 0 Å². The molecule has 0 aliphatic carbocycles. The number of benzene rings is 1. The lowest BCUT2D eigenvalue weighted by Gasteiger charge is -1.96. The Bertz CT molecular complexity index is 429. The minimum Gasteiger partial charge on any atom is -0.395 e. The molecular formula is C11H11NO3. The van der Waals surface area contributed by atoms with E-state index in [1.165, 1.54) is 6.07 Å². The van der Waals surface area contributed by atoms with E-state index in [0.717, 1.165) is 0 Å². The molecule has 0 bridgehead atoms. The number of rotatable bonds is 2. The van der Waals surface area contributed by atoms with Gasteiger partial charge in [0.25, 0.3) is 5.69 Å². The molecule has 0 aromatic heterocycles. The number of aliphatic hydroxyl groups is 1. The van der Waals surface area contributed by atoms with Gasteiger partial charge in [0.05, 0.1) is 11.5 Å². The van der Waals surface area contributed by atoms with Crippen molar-refractivity contribution >= 4 is 5.69 Å². The van der Waals surface area contributed by atoms with Crippen LogP contribution in [0.15, 0.2) is 18.2 Å². The molecule has 0 spiro atoms. The van der Waals surface area contributed by atoms with Crippen LogP contribution in [0.2, 0.25) is 0 Å². The van der Waals surface area contributed by atoms with Gasteiger partial charge in [-0.2, -0.15) is 0 Å².